The number of phosphoric ester groups is 1. The molecule has 0 aromatic rings. The molecule has 0 saturated heterocycles. The van der Waals surface area contributed by atoms with Crippen molar-refractivity contribution in [2.75, 3.05) is 40.9 Å². The third-order valence-electron chi connectivity index (χ3n) is 9.01. The van der Waals surface area contributed by atoms with Crippen molar-refractivity contribution < 1.29 is 43.1 Å². The third-order valence-corrected chi connectivity index (χ3v) is 9.99. The van der Waals surface area contributed by atoms with Crippen molar-refractivity contribution >= 4 is 13.7 Å². The molecule has 11 heteroatoms. The van der Waals surface area contributed by atoms with Crippen LogP contribution in [0.4, 0.5) is 0 Å². The Morgan fingerprint density at radius 1 is 0.692 bits per heavy atom. The Balaban J connectivity index is 4.63. The van der Waals surface area contributed by atoms with Crippen LogP contribution in [0.1, 0.15) is 155 Å². The number of allylic oxidation sites excluding steroid dienone is 4. The molecule has 1 unspecified atom stereocenters. The summed E-state index contributed by atoms with van der Waals surface area (Å²) in [6.45, 7) is 4.53. The molecule has 5 atom stereocenters. The average molecular weight is 760 g/mol. The summed E-state index contributed by atoms with van der Waals surface area (Å²) in [5.74, 6) is -0.262. The van der Waals surface area contributed by atoms with Gasteiger partial charge in [-0.1, -0.05) is 121 Å². The first-order chi connectivity index (χ1) is 24.8. The molecule has 0 aliphatic heterocycles. The van der Waals surface area contributed by atoms with E-state index in [1.165, 1.54) is 44.9 Å². The van der Waals surface area contributed by atoms with E-state index in [0.29, 0.717) is 30.3 Å². The summed E-state index contributed by atoms with van der Waals surface area (Å²) < 4.78 is 23.4. The minimum atomic E-state index is -4.37. The number of phosphoric acid groups is 1. The van der Waals surface area contributed by atoms with Gasteiger partial charge in [0.05, 0.1) is 52.1 Å². The molecule has 0 fully saturated rings. The average Bonchev–Trinajstić information content (AvgIpc) is 3.08. The Kier molecular flexibility index (Phi) is 32.2. The van der Waals surface area contributed by atoms with Gasteiger partial charge in [-0.3, -0.25) is 13.8 Å². The fourth-order valence-electron chi connectivity index (χ4n) is 5.53. The molecular formula is C41H80N2O8P+. The second-order valence-corrected chi connectivity index (χ2v) is 16.8. The summed E-state index contributed by atoms with van der Waals surface area (Å²) in [6.07, 6.45) is 30.8. The molecule has 1 amide bonds. The number of unbranched alkanes of at least 4 members (excludes halogenated alkanes) is 15. The molecule has 306 valence electrons. The lowest BCUT2D eigenvalue weighted by Gasteiger charge is -2.25. The molecule has 10 nitrogen and oxygen atoms in total. The molecule has 0 heterocycles. The second-order valence-electron chi connectivity index (χ2n) is 15.3. The first-order valence-electron chi connectivity index (χ1n) is 20.5. The smallest absolute Gasteiger partial charge is 0.390 e. The summed E-state index contributed by atoms with van der Waals surface area (Å²) in [5, 5.41) is 34.2. The van der Waals surface area contributed by atoms with Gasteiger partial charge in [0.1, 0.15) is 13.2 Å². The van der Waals surface area contributed by atoms with E-state index < -0.39 is 32.2 Å². The maximum absolute atomic E-state index is 12.8. The molecule has 0 radical (unpaired) electrons. The molecule has 0 aromatic heterocycles. The van der Waals surface area contributed by atoms with E-state index in [4.69, 9.17) is 9.05 Å². The zero-order valence-corrected chi connectivity index (χ0v) is 34.7. The van der Waals surface area contributed by atoms with Crippen LogP contribution in [-0.2, 0) is 18.4 Å². The van der Waals surface area contributed by atoms with Crippen LogP contribution in [0.15, 0.2) is 36.5 Å². The summed E-state index contributed by atoms with van der Waals surface area (Å²) in [5.41, 5.74) is 0. The standard InChI is InChI=1S/C41H79N2O8P/c1-6-8-10-12-14-15-16-17-18-19-20-23-26-30-38(44)37(36-51-52(48,49)50-35-34-43(3,4)5)42-41(47)33-29-25-21-24-28-32-40(46)39(45)31-27-22-13-11-9-7-2/h10,12,22,26-27,30,37-40,44-46H,6-9,11,13-21,23-25,28-29,31-36H2,1-5H3,(H-,42,47,48,49)/p+1/b12-10-,27-22-,30-26+/t37-,38+,39-,40-/m0/s1. The normalized spacial score (nSPS) is 16.1. The second kappa shape index (κ2) is 33.0. The Morgan fingerprint density at radius 3 is 1.88 bits per heavy atom. The predicted molar refractivity (Wildman–Crippen MR) is 215 cm³/mol. The van der Waals surface area contributed by atoms with Crippen LogP contribution >= 0.6 is 7.82 Å². The number of nitrogens with zero attached hydrogens (tertiary/aromatic N) is 1. The lowest BCUT2D eigenvalue weighted by atomic mass is 10.0. The number of amides is 1. The Morgan fingerprint density at radius 2 is 1.25 bits per heavy atom. The molecule has 0 aliphatic carbocycles. The molecule has 52 heavy (non-hydrogen) atoms. The third kappa shape index (κ3) is 33.2. The van der Waals surface area contributed by atoms with Gasteiger partial charge < -0.3 is 30.0 Å². The van der Waals surface area contributed by atoms with Crippen LogP contribution < -0.4 is 5.32 Å². The van der Waals surface area contributed by atoms with Gasteiger partial charge in [-0.05, 0) is 64.2 Å². The Hall–Kier alpha value is -1.36. The van der Waals surface area contributed by atoms with Gasteiger partial charge in [-0.2, -0.15) is 0 Å². The van der Waals surface area contributed by atoms with Crippen molar-refractivity contribution in [2.24, 2.45) is 0 Å². The van der Waals surface area contributed by atoms with Gasteiger partial charge in [-0.15, -0.1) is 0 Å². The van der Waals surface area contributed by atoms with Crippen LogP contribution in [-0.4, -0.2) is 95.9 Å². The minimum Gasteiger partial charge on any atom is -0.390 e. The molecule has 0 spiro atoms. The number of quaternary nitrogens is 1. The zero-order valence-electron chi connectivity index (χ0n) is 33.8. The molecule has 0 bridgehead atoms. The molecular weight excluding hydrogens is 679 g/mol. The maximum Gasteiger partial charge on any atom is 0.472 e. The van der Waals surface area contributed by atoms with E-state index in [9.17, 15) is 29.6 Å². The highest BCUT2D eigenvalue weighted by atomic mass is 31.2. The zero-order chi connectivity index (χ0) is 38.9. The number of hydrogen-bond acceptors (Lipinski definition) is 7. The van der Waals surface area contributed by atoms with Crippen LogP contribution in [0.25, 0.3) is 0 Å². The highest BCUT2D eigenvalue weighted by Crippen LogP contribution is 2.43. The van der Waals surface area contributed by atoms with Crippen molar-refractivity contribution in [3.05, 3.63) is 36.5 Å². The molecule has 0 aromatic carbocycles. The summed E-state index contributed by atoms with van der Waals surface area (Å²) in [7, 11) is 1.46. The van der Waals surface area contributed by atoms with E-state index in [2.05, 4.69) is 37.4 Å². The summed E-state index contributed by atoms with van der Waals surface area (Å²) in [4.78, 5) is 23.0. The topological polar surface area (TPSA) is 146 Å². The minimum absolute atomic E-state index is 0.0306. The lowest BCUT2D eigenvalue weighted by molar-refractivity contribution is -0.870. The van der Waals surface area contributed by atoms with Crippen LogP contribution in [0.3, 0.4) is 0 Å². The van der Waals surface area contributed by atoms with Gasteiger partial charge >= 0.3 is 7.82 Å². The van der Waals surface area contributed by atoms with Gasteiger partial charge in [0, 0.05) is 6.42 Å². The van der Waals surface area contributed by atoms with Crippen molar-refractivity contribution in [2.45, 2.75) is 179 Å². The largest absolute Gasteiger partial charge is 0.472 e. The predicted octanol–water partition coefficient (Wildman–Crippen LogP) is 8.68. The maximum atomic E-state index is 12.8. The molecule has 5 N–H and O–H groups in total. The van der Waals surface area contributed by atoms with Gasteiger partial charge in [0.2, 0.25) is 5.91 Å². The first-order valence-corrected chi connectivity index (χ1v) is 22.0. The number of carbonyl (C=O) groups excluding carboxylic acids is 1. The molecule has 0 saturated carbocycles. The number of carbonyl (C=O) groups is 1. The van der Waals surface area contributed by atoms with Crippen LogP contribution in [0.5, 0.6) is 0 Å². The quantitative estimate of drug-likeness (QED) is 0.0185. The summed E-state index contributed by atoms with van der Waals surface area (Å²) >= 11 is 0. The highest BCUT2D eigenvalue weighted by Gasteiger charge is 2.27. The Bertz CT molecular complexity index is 984. The molecule has 0 rings (SSSR count). The Labute approximate surface area is 318 Å². The van der Waals surface area contributed by atoms with Gasteiger partial charge in [0.15, 0.2) is 0 Å². The number of nitrogens with one attached hydrogen (secondary N) is 1. The number of aliphatic hydroxyl groups excluding tert-OH is 3. The van der Waals surface area contributed by atoms with E-state index in [-0.39, 0.29) is 25.5 Å². The fraction of sp³-hybridized carbons (Fsp3) is 0.829. The van der Waals surface area contributed by atoms with Gasteiger partial charge in [0.25, 0.3) is 0 Å². The molecule has 0 aliphatic rings. The van der Waals surface area contributed by atoms with Crippen molar-refractivity contribution in [1.82, 2.24) is 5.32 Å². The van der Waals surface area contributed by atoms with Crippen LogP contribution in [0, 0.1) is 0 Å². The number of aliphatic hydroxyl groups is 3. The highest BCUT2D eigenvalue weighted by molar-refractivity contribution is 7.47. The van der Waals surface area contributed by atoms with E-state index in [0.717, 1.165) is 70.6 Å². The number of rotatable bonds is 36. The van der Waals surface area contributed by atoms with Crippen molar-refractivity contribution in [1.29, 1.82) is 0 Å². The van der Waals surface area contributed by atoms with Crippen LogP contribution in [0.2, 0.25) is 0 Å². The lowest BCUT2D eigenvalue weighted by Crippen LogP contribution is -2.45. The van der Waals surface area contributed by atoms with Crippen molar-refractivity contribution in [3.8, 4) is 0 Å². The van der Waals surface area contributed by atoms with Gasteiger partial charge in [-0.25, -0.2) is 4.57 Å². The van der Waals surface area contributed by atoms with E-state index >= 15 is 0 Å². The van der Waals surface area contributed by atoms with Crippen molar-refractivity contribution in [3.63, 3.8) is 0 Å². The fourth-order valence-corrected chi connectivity index (χ4v) is 6.27. The number of hydrogen-bond donors (Lipinski definition) is 5. The number of likely N-dealkylation sites (N-methyl/N-ethyl adjacent to an activating group) is 1. The van der Waals surface area contributed by atoms with E-state index in [1.54, 1.807) is 6.08 Å². The SMILES string of the molecule is CCC/C=C\CCCCCCCC/C=C/[C@@H](O)[C@H](COP(=O)(O)OCC[N+](C)(C)C)NC(=O)CCCCCCC[C@H](O)[C@@H](O)C/C=C\CCCCC. The monoisotopic (exact) mass is 760 g/mol. The summed E-state index contributed by atoms with van der Waals surface area (Å²) in [6, 6.07) is -0.906. The first kappa shape index (κ1) is 50.6. The van der Waals surface area contributed by atoms with E-state index in [1.807, 2.05) is 33.3 Å².